The van der Waals surface area contributed by atoms with Crippen LogP contribution >= 0.6 is 12.4 Å². The van der Waals surface area contributed by atoms with Crippen LogP contribution in [0, 0.1) is 11.8 Å². The average molecular weight is 277 g/mol. The lowest BCUT2D eigenvalue weighted by molar-refractivity contribution is -0.128. The van der Waals surface area contributed by atoms with E-state index in [9.17, 15) is 4.79 Å². The molecule has 2 saturated heterocycles. The minimum atomic E-state index is 0. The largest absolute Gasteiger partial charge is 0.381 e. The summed E-state index contributed by atoms with van der Waals surface area (Å²) in [4.78, 5) is 12.1. The van der Waals surface area contributed by atoms with E-state index in [0.717, 1.165) is 39.1 Å². The Kier molecular flexibility index (Phi) is 6.97. The van der Waals surface area contributed by atoms with Crippen LogP contribution in [0.3, 0.4) is 0 Å². The van der Waals surface area contributed by atoms with Gasteiger partial charge in [-0.05, 0) is 51.6 Å². The first-order valence-electron chi connectivity index (χ1n) is 6.86. The molecule has 2 fully saturated rings. The number of ether oxygens (including phenoxy) is 1. The van der Waals surface area contributed by atoms with E-state index >= 15 is 0 Å². The van der Waals surface area contributed by atoms with Gasteiger partial charge < -0.3 is 15.4 Å². The van der Waals surface area contributed by atoms with Crippen molar-refractivity contribution in [2.45, 2.75) is 38.6 Å². The van der Waals surface area contributed by atoms with Gasteiger partial charge in [-0.25, -0.2) is 0 Å². The van der Waals surface area contributed by atoms with E-state index in [2.05, 4.69) is 17.6 Å². The minimum Gasteiger partial charge on any atom is -0.381 e. The normalized spacial score (nSPS) is 27.1. The molecule has 5 heteroatoms. The Balaban J connectivity index is 0.00000162. The summed E-state index contributed by atoms with van der Waals surface area (Å²) in [5, 5.41) is 6.58. The van der Waals surface area contributed by atoms with E-state index < -0.39 is 0 Å². The molecule has 2 atom stereocenters. The van der Waals surface area contributed by atoms with E-state index in [1.807, 2.05) is 0 Å². The van der Waals surface area contributed by atoms with Crippen LogP contribution in [0.5, 0.6) is 0 Å². The summed E-state index contributed by atoms with van der Waals surface area (Å²) in [6.07, 6.45) is 4.20. The van der Waals surface area contributed by atoms with Gasteiger partial charge in [-0.15, -0.1) is 12.4 Å². The number of halogens is 1. The summed E-state index contributed by atoms with van der Waals surface area (Å²) in [7, 11) is 0. The van der Waals surface area contributed by atoms with Crippen LogP contribution < -0.4 is 10.6 Å². The quantitative estimate of drug-likeness (QED) is 0.818. The maximum atomic E-state index is 12.1. The summed E-state index contributed by atoms with van der Waals surface area (Å²) < 4.78 is 5.28. The molecule has 2 N–H and O–H groups in total. The number of nitrogens with one attached hydrogen (secondary N) is 2. The van der Waals surface area contributed by atoms with Crippen molar-refractivity contribution in [2.24, 2.45) is 11.8 Å². The molecule has 2 rings (SSSR count). The van der Waals surface area contributed by atoms with Crippen LogP contribution in [0.1, 0.15) is 32.6 Å². The van der Waals surface area contributed by atoms with Crippen molar-refractivity contribution >= 4 is 18.3 Å². The number of rotatable bonds is 3. The predicted octanol–water partition coefficient (Wildman–Crippen LogP) is 1.34. The second-order valence-electron chi connectivity index (χ2n) is 5.29. The molecule has 0 saturated carbocycles. The van der Waals surface area contributed by atoms with Crippen molar-refractivity contribution in [3.63, 3.8) is 0 Å². The Morgan fingerprint density at radius 3 is 2.67 bits per heavy atom. The maximum absolute atomic E-state index is 12.1. The molecule has 0 spiro atoms. The van der Waals surface area contributed by atoms with Crippen LogP contribution in [0.25, 0.3) is 0 Å². The fourth-order valence-electron chi connectivity index (χ4n) is 2.73. The summed E-state index contributed by atoms with van der Waals surface area (Å²) >= 11 is 0. The van der Waals surface area contributed by atoms with Gasteiger partial charge in [-0.2, -0.15) is 0 Å². The molecule has 2 heterocycles. The maximum Gasteiger partial charge on any atom is 0.223 e. The van der Waals surface area contributed by atoms with Crippen LogP contribution in [0.2, 0.25) is 0 Å². The summed E-state index contributed by atoms with van der Waals surface area (Å²) in [5.74, 6) is 0.988. The van der Waals surface area contributed by atoms with Crippen molar-refractivity contribution in [3.05, 3.63) is 0 Å². The van der Waals surface area contributed by atoms with Gasteiger partial charge >= 0.3 is 0 Å². The first kappa shape index (κ1) is 15.7. The molecule has 18 heavy (non-hydrogen) atoms. The molecule has 4 nitrogen and oxygen atoms in total. The van der Waals surface area contributed by atoms with Gasteiger partial charge in [0, 0.05) is 25.2 Å². The molecule has 106 valence electrons. The molecule has 0 bridgehead atoms. The third-order valence-electron chi connectivity index (χ3n) is 4.00. The lowest BCUT2D eigenvalue weighted by Gasteiger charge is -2.30. The zero-order valence-electron chi connectivity index (χ0n) is 11.1. The van der Waals surface area contributed by atoms with Gasteiger partial charge in [-0.3, -0.25) is 4.79 Å². The van der Waals surface area contributed by atoms with Crippen LogP contribution in [-0.2, 0) is 9.53 Å². The fourth-order valence-corrected chi connectivity index (χ4v) is 2.73. The monoisotopic (exact) mass is 276 g/mol. The smallest absolute Gasteiger partial charge is 0.223 e. The SMILES string of the molecule is CC(NC(=O)C1CCOCC1)C1CCCNC1.Cl. The number of hydrogen-bond donors (Lipinski definition) is 2. The number of carbonyl (C=O) groups is 1. The van der Waals surface area contributed by atoms with Crippen molar-refractivity contribution in [2.75, 3.05) is 26.3 Å². The molecule has 2 aliphatic rings. The summed E-state index contributed by atoms with van der Waals surface area (Å²) in [6, 6.07) is 0.290. The standard InChI is InChI=1S/C13H24N2O2.ClH/c1-10(12-3-2-6-14-9-12)15-13(16)11-4-7-17-8-5-11;/h10-12,14H,2-9H2,1H3,(H,15,16);1H. The van der Waals surface area contributed by atoms with Crippen molar-refractivity contribution in [3.8, 4) is 0 Å². The van der Waals surface area contributed by atoms with E-state index in [-0.39, 0.29) is 30.3 Å². The van der Waals surface area contributed by atoms with E-state index in [1.54, 1.807) is 0 Å². The number of carbonyl (C=O) groups excluding carboxylic acids is 1. The highest BCUT2D eigenvalue weighted by molar-refractivity contribution is 5.85. The van der Waals surface area contributed by atoms with Crippen molar-refractivity contribution in [1.82, 2.24) is 10.6 Å². The van der Waals surface area contributed by atoms with Crippen molar-refractivity contribution in [1.29, 1.82) is 0 Å². The first-order valence-corrected chi connectivity index (χ1v) is 6.86. The average Bonchev–Trinajstić information content (AvgIpc) is 2.40. The van der Waals surface area contributed by atoms with E-state index in [1.165, 1.54) is 12.8 Å². The molecule has 0 aromatic rings. The number of amides is 1. The first-order chi connectivity index (χ1) is 8.27. The Hall–Kier alpha value is -0.320. The van der Waals surface area contributed by atoms with Gasteiger partial charge in [0.05, 0.1) is 0 Å². The Morgan fingerprint density at radius 2 is 2.06 bits per heavy atom. The fraction of sp³-hybridized carbons (Fsp3) is 0.923. The third kappa shape index (κ3) is 4.41. The highest BCUT2D eigenvalue weighted by atomic mass is 35.5. The zero-order valence-corrected chi connectivity index (χ0v) is 11.9. The Morgan fingerprint density at radius 1 is 1.33 bits per heavy atom. The highest BCUT2D eigenvalue weighted by Crippen LogP contribution is 2.18. The molecular weight excluding hydrogens is 252 g/mol. The number of hydrogen-bond acceptors (Lipinski definition) is 3. The zero-order chi connectivity index (χ0) is 12.1. The second kappa shape index (κ2) is 7.97. The summed E-state index contributed by atoms with van der Waals surface area (Å²) in [6.45, 7) is 5.76. The Bertz CT molecular complexity index is 251. The molecule has 0 aromatic carbocycles. The minimum absolute atomic E-state index is 0. The van der Waals surface area contributed by atoms with E-state index in [0.29, 0.717) is 5.92 Å². The van der Waals surface area contributed by atoms with Gasteiger partial charge in [0.25, 0.3) is 0 Å². The van der Waals surface area contributed by atoms with Crippen LogP contribution in [-0.4, -0.2) is 38.3 Å². The van der Waals surface area contributed by atoms with Crippen LogP contribution in [0.15, 0.2) is 0 Å². The van der Waals surface area contributed by atoms with Crippen molar-refractivity contribution < 1.29 is 9.53 Å². The van der Waals surface area contributed by atoms with Gasteiger partial charge in [0.1, 0.15) is 0 Å². The molecule has 0 radical (unpaired) electrons. The van der Waals surface area contributed by atoms with Gasteiger partial charge in [0.15, 0.2) is 0 Å². The molecular formula is C13H25ClN2O2. The predicted molar refractivity (Wildman–Crippen MR) is 74.0 cm³/mol. The lowest BCUT2D eigenvalue weighted by atomic mass is 9.91. The molecule has 0 aromatic heterocycles. The Labute approximate surface area is 116 Å². The third-order valence-corrected chi connectivity index (χ3v) is 4.00. The topological polar surface area (TPSA) is 50.4 Å². The second-order valence-corrected chi connectivity index (χ2v) is 5.29. The van der Waals surface area contributed by atoms with Gasteiger partial charge in [-0.1, -0.05) is 0 Å². The number of piperidine rings is 1. The van der Waals surface area contributed by atoms with Crippen LogP contribution in [0.4, 0.5) is 0 Å². The van der Waals surface area contributed by atoms with E-state index in [4.69, 9.17) is 4.74 Å². The highest BCUT2D eigenvalue weighted by Gasteiger charge is 2.26. The molecule has 1 amide bonds. The van der Waals surface area contributed by atoms with Gasteiger partial charge in [0.2, 0.25) is 5.91 Å². The molecule has 2 aliphatic heterocycles. The summed E-state index contributed by atoms with van der Waals surface area (Å²) in [5.41, 5.74) is 0. The lowest BCUT2D eigenvalue weighted by Crippen LogP contribution is -2.47. The molecule has 2 unspecified atom stereocenters. The molecule has 0 aliphatic carbocycles.